The van der Waals surface area contributed by atoms with Gasteiger partial charge in [-0.2, -0.15) is 12.6 Å². The molecule has 0 aliphatic rings. The largest absolute Gasteiger partial charge is 0.505 e. The SMILES string of the molecule is O=C(CS)OCC[C@H](Oc1ccccc1)[C@@H](OC(=O)NC(=O)c1ccccc1)c1ccc(O)c(F)c1. The molecule has 36 heavy (non-hydrogen) atoms. The highest BCUT2D eigenvalue weighted by molar-refractivity contribution is 7.81. The van der Waals surface area contributed by atoms with Crippen molar-refractivity contribution in [1.29, 1.82) is 0 Å². The lowest BCUT2D eigenvalue weighted by Crippen LogP contribution is -2.37. The molecule has 8 nitrogen and oxygen atoms in total. The quantitative estimate of drug-likeness (QED) is 0.271. The second-order valence-corrected chi connectivity index (χ2v) is 7.81. The van der Waals surface area contributed by atoms with E-state index in [-0.39, 0.29) is 29.9 Å². The van der Waals surface area contributed by atoms with E-state index in [0.717, 1.165) is 12.1 Å². The highest BCUT2D eigenvalue weighted by Crippen LogP contribution is 2.30. The van der Waals surface area contributed by atoms with Gasteiger partial charge in [-0.25, -0.2) is 9.18 Å². The van der Waals surface area contributed by atoms with Gasteiger partial charge in [-0.3, -0.25) is 14.9 Å². The topological polar surface area (TPSA) is 111 Å². The molecule has 3 aromatic rings. The Morgan fingerprint density at radius 2 is 1.64 bits per heavy atom. The Morgan fingerprint density at radius 1 is 0.972 bits per heavy atom. The van der Waals surface area contributed by atoms with Crippen LogP contribution in [-0.2, 0) is 14.3 Å². The fourth-order valence-corrected chi connectivity index (χ4v) is 3.33. The normalized spacial score (nSPS) is 12.2. The number of benzene rings is 3. The summed E-state index contributed by atoms with van der Waals surface area (Å²) in [5, 5.41) is 11.8. The molecule has 0 unspecified atom stereocenters. The third kappa shape index (κ3) is 7.74. The predicted molar refractivity (Wildman–Crippen MR) is 131 cm³/mol. The Kier molecular flexibility index (Phi) is 9.70. The zero-order chi connectivity index (χ0) is 25.9. The predicted octanol–water partition coefficient (Wildman–Crippen LogP) is 4.45. The number of esters is 1. The number of alkyl carbamates (subject to hydrolysis) is 1. The van der Waals surface area contributed by atoms with Crippen LogP contribution in [0.1, 0.15) is 28.4 Å². The number of hydrogen-bond acceptors (Lipinski definition) is 8. The van der Waals surface area contributed by atoms with Crippen LogP contribution in [0.2, 0.25) is 0 Å². The molecule has 2 N–H and O–H groups in total. The Balaban J connectivity index is 1.88. The molecule has 188 valence electrons. The molecule has 0 bridgehead atoms. The molecule has 2 atom stereocenters. The van der Waals surface area contributed by atoms with E-state index in [1.54, 1.807) is 48.5 Å². The first kappa shape index (κ1) is 26.6. The van der Waals surface area contributed by atoms with Gasteiger partial charge in [-0.1, -0.05) is 42.5 Å². The molecule has 0 aliphatic heterocycles. The monoisotopic (exact) mass is 513 g/mol. The molecule has 0 aromatic heterocycles. The number of phenols is 1. The van der Waals surface area contributed by atoms with Gasteiger partial charge in [-0.15, -0.1) is 0 Å². The molecule has 0 saturated heterocycles. The van der Waals surface area contributed by atoms with Crippen LogP contribution in [0.25, 0.3) is 0 Å². The van der Waals surface area contributed by atoms with E-state index in [2.05, 4.69) is 17.9 Å². The molecule has 0 heterocycles. The van der Waals surface area contributed by atoms with Crippen molar-refractivity contribution in [2.24, 2.45) is 0 Å². The highest BCUT2D eigenvalue weighted by atomic mass is 32.1. The van der Waals surface area contributed by atoms with Crippen molar-refractivity contribution in [3.8, 4) is 11.5 Å². The van der Waals surface area contributed by atoms with Crippen LogP contribution in [-0.4, -0.2) is 41.5 Å². The van der Waals surface area contributed by atoms with Crippen LogP contribution < -0.4 is 10.1 Å². The number of halogens is 1. The number of imide groups is 1. The minimum atomic E-state index is -1.25. The number of hydrogen-bond donors (Lipinski definition) is 3. The maximum Gasteiger partial charge on any atom is 0.414 e. The first-order valence-corrected chi connectivity index (χ1v) is 11.5. The smallest absolute Gasteiger partial charge is 0.414 e. The molecule has 0 radical (unpaired) electrons. The van der Waals surface area contributed by atoms with E-state index in [9.17, 15) is 23.9 Å². The lowest BCUT2D eigenvalue weighted by molar-refractivity contribution is -0.141. The highest BCUT2D eigenvalue weighted by Gasteiger charge is 2.31. The second kappa shape index (κ2) is 13.1. The van der Waals surface area contributed by atoms with Crippen LogP contribution in [0.3, 0.4) is 0 Å². The molecule has 0 spiro atoms. The molecule has 10 heteroatoms. The van der Waals surface area contributed by atoms with E-state index in [0.29, 0.717) is 5.75 Å². The Bertz CT molecular complexity index is 1180. The van der Waals surface area contributed by atoms with Crippen LogP contribution in [0.5, 0.6) is 11.5 Å². The molecule has 3 aromatic carbocycles. The summed E-state index contributed by atoms with van der Waals surface area (Å²) in [6, 6.07) is 20.1. The summed E-state index contributed by atoms with van der Waals surface area (Å²) in [4.78, 5) is 36.7. The standard InChI is InChI=1S/C26H24FNO7S/c27-20-15-18(11-12-21(20)29)24(35-26(32)28-25(31)17-7-3-1-4-8-17)22(13-14-33-23(30)16-36)34-19-9-5-2-6-10-19/h1-12,15,22,24,29,36H,13-14,16H2,(H,28,31,32)/t22-,24-/m0/s1. The van der Waals surface area contributed by atoms with Gasteiger partial charge in [0.15, 0.2) is 17.7 Å². The van der Waals surface area contributed by atoms with Gasteiger partial charge in [0.1, 0.15) is 11.9 Å². The second-order valence-electron chi connectivity index (χ2n) is 7.49. The molecule has 0 aliphatic carbocycles. The molecular formula is C26H24FNO7S. The number of thiol groups is 1. The van der Waals surface area contributed by atoms with Crippen LogP contribution >= 0.6 is 12.6 Å². The molecule has 0 fully saturated rings. The maximum absolute atomic E-state index is 14.2. The summed E-state index contributed by atoms with van der Waals surface area (Å²) >= 11 is 3.87. The van der Waals surface area contributed by atoms with Gasteiger partial charge in [0, 0.05) is 12.0 Å². The van der Waals surface area contributed by atoms with Crippen LogP contribution in [0.4, 0.5) is 9.18 Å². The summed E-state index contributed by atoms with van der Waals surface area (Å²) in [5.41, 5.74) is 0.381. The summed E-state index contributed by atoms with van der Waals surface area (Å²) < 4.78 is 30.9. The van der Waals surface area contributed by atoms with Crippen molar-refractivity contribution in [2.45, 2.75) is 18.6 Å². The third-order valence-corrected chi connectivity index (χ3v) is 5.21. The fourth-order valence-electron chi connectivity index (χ4n) is 3.24. The summed E-state index contributed by atoms with van der Waals surface area (Å²) in [6.07, 6.45) is -3.28. The van der Waals surface area contributed by atoms with Crippen molar-refractivity contribution < 1.29 is 38.1 Å². The van der Waals surface area contributed by atoms with Crippen molar-refractivity contribution in [3.05, 3.63) is 95.8 Å². The fraction of sp³-hybridized carbons (Fsp3) is 0.192. The van der Waals surface area contributed by atoms with Crippen LogP contribution in [0.15, 0.2) is 78.9 Å². The van der Waals surface area contributed by atoms with Gasteiger partial charge >= 0.3 is 12.1 Å². The number of carbonyl (C=O) groups is 3. The minimum absolute atomic E-state index is 0.0431. The van der Waals surface area contributed by atoms with Crippen molar-refractivity contribution >= 4 is 30.6 Å². The summed E-state index contributed by atoms with van der Waals surface area (Å²) in [6.45, 7) is -0.109. The van der Waals surface area contributed by atoms with E-state index in [4.69, 9.17) is 14.2 Å². The van der Waals surface area contributed by atoms with E-state index in [1.165, 1.54) is 18.2 Å². The van der Waals surface area contributed by atoms with E-state index >= 15 is 0 Å². The third-order valence-electron chi connectivity index (χ3n) is 4.95. The number of rotatable bonds is 10. The van der Waals surface area contributed by atoms with Crippen molar-refractivity contribution in [3.63, 3.8) is 0 Å². The lowest BCUT2D eigenvalue weighted by atomic mass is 10.0. The van der Waals surface area contributed by atoms with E-state index < -0.39 is 41.7 Å². The van der Waals surface area contributed by atoms with Crippen LogP contribution in [0, 0.1) is 5.82 Å². The first-order chi connectivity index (χ1) is 17.4. The van der Waals surface area contributed by atoms with Gasteiger partial charge in [0.2, 0.25) is 0 Å². The molecule has 2 amide bonds. The average Bonchev–Trinajstić information content (AvgIpc) is 2.89. The zero-order valence-electron chi connectivity index (χ0n) is 19.0. The summed E-state index contributed by atoms with van der Waals surface area (Å²) in [5.74, 6) is -2.50. The minimum Gasteiger partial charge on any atom is -0.505 e. The number of carbonyl (C=O) groups excluding carboxylic acids is 3. The number of amides is 2. The van der Waals surface area contributed by atoms with Gasteiger partial charge in [0.25, 0.3) is 5.91 Å². The van der Waals surface area contributed by atoms with Gasteiger partial charge in [0.05, 0.1) is 12.4 Å². The Morgan fingerprint density at radius 3 is 2.28 bits per heavy atom. The first-order valence-electron chi connectivity index (χ1n) is 10.9. The molecule has 3 rings (SSSR count). The maximum atomic E-state index is 14.2. The number of ether oxygens (including phenoxy) is 3. The number of phenolic OH excluding ortho intramolecular Hbond substituents is 1. The Labute approximate surface area is 212 Å². The average molecular weight is 514 g/mol. The van der Waals surface area contributed by atoms with Gasteiger partial charge in [-0.05, 0) is 42.0 Å². The molecular weight excluding hydrogens is 489 g/mol. The number of para-hydroxylation sites is 1. The van der Waals surface area contributed by atoms with Gasteiger partial charge < -0.3 is 19.3 Å². The van der Waals surface area contributed by atoms with Crippen molar-refractivity contribution in [1.82, 2.24) is 5.32 Å². The Hall–Kier alpha value is -4.05. The summed E-state index contributed by atoms with van der Waals surface area (Å²) in [7, 11) is 0. The zero-order valence-corrected chi connectivity index (χ0v) is 19.9. The molecule has 0 saturated carbocycles. The van der Waals surface area contributed by atoms with Crippen molar-refractivity contribution in [2.75, 3.05) is 12.4 Å². The number of nitrogens with one attached hydrogen (secondary N) is 1. The number of aromatic hydroxyl groups is 1. The van der Waals surface area contributed by atoms with E-state index in [1.807, 2.05) is 0 Å². The lowest BCUT2D eigenvalue weighted by Gasteiger charge is -2.28.